The van der Waals surface area contributed by atoms with Gasteiger partial charge in [-0.3, -0.25) is 14.8 Å². The molecule has 198 valence electrons. The van der Waals surface area contributed by atoms with Gasteiger partial charge in [0.15, 0.2) is 5.82 Å². The van der Waals surface area contributed by atoms with Gasteiger partial charge < -0.3 is 20.1 Å². The molecule has 1 unspecified atom stereocenters. The van der Waals surface area contributed by atoms with Gasteiger partial charge in [-0.05, 0) is 64.3 Å². The highest BCUT2D eigenvalue weighted by molar-refractivity contribution is 5.98. The highest BCUT2D eigenvalue weighted by Crippen LogP contribution is 2.40. The third-order valence-electron chi connectivity index (χ3n) is 7.21. The molecule has 3 aromatic heterocycles. The van der Waals surface area contributed by atoms with Crippen LogP contribution in [0.1, 0.15) is 56.5 Å². The molecule has 0 bridgehead atoms. The summed E-state index contributed by atoms with van der Waals surface area (Å²) in [4.78, 5) is 23.7. The normalized spacial score (nSPS) is 18.8. The number of rotatable bonds is 6. The molecule has 4 aromatic rings. The number of nitrogens with one attached hydrogen (secondary N) is 1. The Kier molecular flexibility index (Phi) is 5.93. The fourth-order valence-corrected chi connectivity index (χ4v) is 4.91. The number of aliphatic hydroxyl groups excluding tert-OH is 1. The molecule has 1 amide bonds. The van der Waals surface area contributed by atoms with Crippen LogP contribution in [0.25, 0.3) is 10.9 Å². The Labute approximate surface area is 219 Å². The predicted molar refractivity (Wildman–Crippen MR) is 140 cm³/mol. The molecule has 1 saturated carbocycles. The fraction of sp³-hybridized carbons (Fsp3) is 0.407. The van der Waals surface area contributed by atoms with Crippen LogP contribution in [-0.4, -0.2) is 53.5 Å². The summed E-state index contributed by atoms with van der Waals surface area (Å²) in [6, 6.07) is 8.85. The number of fused-ring (bicyclic) bond motifs is 2. The minimum absolute atomic E-state index is 0.0220. The molecule has 1 fully saturated rings. The monoisotopic (exact) mass is 517 g/mol. The minimum atomic E-state index is -0.807. The van der Waals surface area contributed by atoms with E-state index in [9.17, 15) is 9.90 Å². The first-order valence-electron chi connectivity index (χ1n) is 12.8. The highest BCUT2D eigenvalue weighted by Gasteiger charge is 2.36. The number of benzene rings is 1. The zero-order chi connectivity index (χ0) is 26.6. The molecule has 11 heteroatoms. The zero-order valence-electron chi connectivity index (χ0n) is 21.6. The van der Waals surface area contributed by atoms with Crippen LogP contribution in [0.5, 0.6) is 11.6 Å². The molecule has 4 heterocycles. The van der Waals surface area contributed by atoms with E-state index in [1.54, 1.807) is 32.2 Å². The maximum absolute atomic E-state index is 12.9. The summed E-state index contributed by atoms with van der Waals surface area (Å²) in [6.07, 6.45) is 5.18. The van der Waals surface area contributed by atoms with Crippen molar-refractivity contribution in [3.63, 3.8) is 0 Å². The van der Waals surface area contributed by atoms with Crippen molar-refractivity contribution in [3.8, 4) is 11.6 Å². The van der Waals surface area contributed by atoms with Crippen molar-refractivity contribution in [2.45, 2.75) is 70.3 Å². The highest BCUT2D eigenvalue weighted by atomic mass is 16.5. The maximum Gasteiger partial charge on any atom is 0.331 e. The van der Waals surface area contributed by atoms with E-state index < -0.39 is 11.8 Å². The smallest absolute Gasteiger partial charge is 0.331 e. The standard InChI is InChI=1S/C27H31N7O4/c1-15-10-19-20(13-34(15)25(35)27(2,3)28)29-14-30-24(19)37-18-6-7-21-17(11-18)8-9-33(21)26(36)31-23-12-22(38-32-23)16-4-5-16/h6-9,11-12,14-16,25,35H,4-5,10,13,28H2,1-3H3,(H,31,32,36)/t15-,25?/m0/s1. The van der Waals surface area contributed by atoms with E-state index in [4.69, 9.17) is 15.0 Å². The summed E-state index contributed by atoms with van der Waals surface area (Å²) in [6.45, 7) is 6.10. The first kappa shape index (κ1) is 24.5. The van der Waals surface area contributed by atoms with E-state index in [1.165, 1.54) is 10.9 Å². The number of carbonyl (C=O) groups is 1. The number of ether oxygens (including phenoxy) is 1. The SMILES string of the molecule is C[C@H]1Cc2c(ncnc2Oc2ccc3c(ccn3C(=O)Nc3cc(C4CC4)on3)c2)CN1C(O)C(C)(C)N. The van der Waals surface area contributed by atoms with Crippen LogP contribution in [-0.2, 0) is 13.0 Å². The first-order chi connectivity index (χ1) is 18.2. The van der Waals surface area contributed by atoms with Crippen LogP contribution in [0.15, 0.2) is 47.4 Å². The van der Waals surface area contributed by atoms with Gasteiger partial charge in [-0.15, -0.1) is 0 Å². The summed E-state index contributed by atoms with van der Waals surface area (Å²) >= 11 is 0. The summed E-state index contributed by atoms with van der Waals surface area (Å²) in [5.41, 5.74) is 7.83. The van der Waals surface area contributed by atoms with Crippen molar-refractivity contribution in [2.75, 3.05) is 5.32 Å². The van der Waals surface area contributed by atoms with Crippen molar-refractivity contribution in [1.82, 2.24) is 24.6 Å². The molecule has 0 saturated heterocycles. The Morgan fingerprint density at radius 1 is 1.26 bits per heavy atom. The van der Waals surface area contributed by atoms with E-state index >= 15 is 0 Å². The van der Waals surface area contributed by atoms with Crippen LogP contribution in [0.4, 0.5) is 10.6 Å². The lowest BCUT2D eigenvalue weighted by Gasteiger charge is -2.42. The van der Waals surface area contributed by atoms with Crippen molar-refractivity contribution in [3.05, 3.63) is 59.9 Å². The molecule has 6 rings (SSSR count). The van der Waals surface area contributed by atoms with Gasteiger partial charge in [-0.1, -0.05) is 5.16 Å². The van der Waals surface area contributed by atoms with E-state index in [2.05, 4.69) is 20.4 Å². The quantitative estimate of drug-likeness (QED) is 0.346. The molecular weight excluding hydrogens is 486 g/mol. The summed E-state index contributed by atoms with van der Waals surface area (Å²) < 4.78 is 13.1. The van der Waals surface area contributed by atoms with Gasteiger partial charge >= 0.3 is 6.03 Å². The Morgan fingerprint density at radius 3 is 2.84 bits per heavy atom. The molecule has 1 aromatic carbocycles. The lowest BCUT2D eigenvalue weighted by atomic mass is 9.95. The zero-order valence-corrected chi connectivity index (χ0v) is 21.6. The molecule has 2 atom stereocenters. The second kappa shape index (κ2) is 9.19. The van der Waals surface area contributed by atoms with Crippen molar-refractivity contribution in [1.29, 1.82) is 0 Å². The van der Waals surface area contributed by atoms with Crippen LogP contribution in [0, 0.1) is 0 Å². The summed E-state index contributed by atoms with van der Waals surface area (Å²) in [5.74, 6) is 2.72. The van der Waals surface area contributed by atoms with Gasteiger partial charge in [0.05, 0.1) is 11.2 Å². The number of aromatic nitrogens is 4. The number of hydrogen-bond donors (Lipinski definition) is 3. The molecule has 4 N–H and O–H groups in total. The van der Waals surface area contributed by atoms with Crippen LogP contribution < -0.4 is 15.8 Å². The number of carbonyl (C=O) groups excluding carboxylic acids is 1. The molecule has 0 spiro atoms. The molecular formula is C27H31N7O4. The Hall–Kier alpha value is -3.80. The van der Waals surface area contributed by atoms with Gasteiger partial charge in [0, 0.05) is 47.3 Å². The molecule has 11 nitrogen and oxygen atoms in total. The number of nitrogens with zero attached hydrogens (tertiary/aromatic N) is 5. The van der Waals surface area contributed by atoms with Gasteiger partial charge in [0.1, 0.15) is 24.1 Å². The van der Waals surface area contributed by atoms with Gasteiger partial charge in [-0.2, -0.15) is 0 Å². The Balaban J connectivity index is 1.20. The largest absolute Gasteiger partial charge is 0.439 e. The number of nitrogens with two attached hydrogens (primary N) is 1. The van der Waals surface area contributed by atoms with Gasteiger partial charge in [0.2, 0.25) is 5.88 Å². The number of hydrogen-bond acceptors (Lipinski definition) is 9. The third kappa shape index (κ3) is 4.64. The van der Waals surface area contributed by atoms with Crippen LogP contribution >= 0.6 is 0 Å². The van der Waals surface area contributed by atoms with Gasteiger partial charge in [-0.25, -0.2) is 14.8 Å². The number of amides is 1. The first-order valence-corrected chi connectivity index (χ1v) is 12.8. The second-order valence-corrected chi connectivity index (χ2v) is 10.9. The molecule has 1 aliphatic heterocycles. The number of aliphatic hydroxyl groups is 1. The average Bonchev–Trinajstić information content (AvgIpc) is 3.47. The maximum atomic E-state index is 12.9. The Morgan fingerprint density at radius 2 is 2.08 bits per heavy atom. The Bertz CT molecular complexity index is 1500. The van der Waals surface area contributed by atoms with E-state index in [0.717, 1.165) is 40.8 Å². The summed E-state index contributed by atoms with van der Waals surface area (Å²) in [7, 11) is 0. The molecule has 38 heavy (non-hydrogen) atoms. The third-order valence-corrected chi connectivity index (χ3v) is 7.21. The second-order valence-electron chi connectivity index (χ2n) is 10.9. The topological polar surface area (TPSA) is 145 Å². The van der Waals surface area contributed by atoms with Gasteiger partial charge in [0.25, 0.3) is 0 Å². The van der Waals surface area contributed by atoms with Crippen LogP contribution in [0.3, 0.4) is 0 Å². The van der Waals surface area contributed by atoms with Crippen molar-refractivity contribution >= 4 is 22.8 Å². The van der Waals surface area contributed by atoms with E-state index in [1.807, 2.05) is 30.0 Å². The predicted octanol–water partition coefficient (Wildman–Crippen LogP) is 3.97. The van der Waals surface area contributed by atoms with Crippen molar-refractivity contribution in [2.24, 2.45) is 5.73 Å². The minimum Gasteiger partial charge on any atom is -0.439 e. The lowest BCUT2D eigenvalue weighted by Crippen LogP contribution is -2.58. The molecule has 0 radical (unpaired) electrons. The summed E-state index contributed by atoms with van der Waals surface area (Å²) in [5, 5.41) is 18.3. The average molecular weight is 518 g/mol. The lowest BCUT2D eigenvalue weighted by molar-refractivity contribution is -0.0722. The molecule has 1 aliphatic carbocycles. The van der Waals surface area contributed by atoms with E-state index in [-0.39, 0.29) is 12.1 Å². The van der Waals surface area contributed by atoms with E-state index in [0.29, 0.717) is 36.3 Å². The van der Waals surface area contributed by atoms with Crippen molar-refractivity contribution < 1.29 is 19.2 Å². The molecule has 2 aliphatic rings. The number of anilines is 1. The fourth-order valence-electron chi connectivity index (χ4n) is 4.91. The van der Waals surface area contributed by atoms with Crippen LogP contribution in [0.2, 0.25) is 0 Å².